The van der Waals surface area contributed by atoms with E-state index in [1.165, 1.54) is 24.8 Å². The van der Waals surface area contributed by atoms with E-state index in [1.807, 2.05) is 0 Å². The normalized spacial score (nSPS) is 30.4. The maximum atomic E-state index is 15.5. The maximum Gasteiger partial charge on any atom is 0.132 e. The van der Waals surface area contributed by atoms with Crippen molar-refractivity contribution in [1.82, 2.24) is 0 Å². The highest BCUT2D eigenvalue weighted by atomic mass is 19.1. The third-order valence-electron chi connectivity index (χ3n) is 5.94. The lowest BCUT2D eigenvalue weighted by molar-refractivity contribution is 0.135. The standard InChI is InChI=1S/C21H35F/c1-14(2)11-19(13-18-8-9-18)16(4)17(5)21(6,22)20-10-7-15(3)12-20/h11,14-16,18,20H,5,7-10,12-13H2,1-4,6H3/b19-11+. The van der Waals surface area contributed by atoms with Crippen LogP contribution in [-0.4, -0.2) is 5.67 Å². The number of hydrogen-bond acceptors (Lipinski definition) is 0. The van der Waals surface area contributed by atoms with Crippen molar-refractivity contribution in [2.75, 3.05) is 0 Å². The van der Waals surface area contributed by atoms with E-state index in [1.54, 1.807) is 6.92 Å². The van der Waals surface area contributed by atoms with Crippen LogP contribution in [0.1, 0.15) is 73.1 Å². The molecule has 2 aliphatic carbocycles. The third kappa shape index (κ3) is 4.24. The SMILES string of the molecule is C=C(C(C)/C(=C/C(C)C)CC1CC1)C(C)(F)C1CCC(C)C1. The summed E-state index contributed by atoms with van der Waals surface area (Å²) in [6.07, 6.45) is 9.42. The third-order valence-corrected chi connectivity index (χ3v) is 5.94. The highest BCUT2D eigenvalue weighted by Gasteiger charge is 2.42. The molecule has 22 heavy (non-hydrogen) atoms. The number of alkyl halides is 1. The second kappa shape index (κ2) is 6.89. The molecule has 4 unspecified atom stereocenters. The Labute approximate surface area is 137 Å². The number of rotatable bonds is 7. The molecule has 0 aliphatic heterocycles. The van der Waals surface area contributed by atoms with Gasteiger partial charge in [0.15, 0.2) is 0 Å². The fourth-order valence-corrected chi connectivity index (χ4v) is 4.08. The molecule has 2 rings (SSSR count). The Morgan fingerprint density at radius 3 is 2.32 bits per heavy atom. The zero-order valence-corrected chi connectivity index (χ0v) is 15.3. The van der Waals surface area contributed by atoms with Crippen LogP contribution in [0.25, 0.3) is 0 Å². The van der Waals surface area contributed by atoms with Gasteiger partial charge in [0, 0.05) is 5.92 Å². The van der Waals surface area contributed by atoms with E-state index in [4.69, 9.17) is 0 Å². The molecule has 0 nitrogen and oxygen atoms in total. The summed E-state index contributed by atoms with van der Waals surface area (Å²) in [5, 5.41) is 0. The molecule has 0 spiro atoms. The topological polar surface area (TPSA) is 0 Å². The molecule has 0 aromatic carbocycles. The van der Waals surface area contributed by atoms with E-state index >= 15 is 4.39 Å². The van der Waals surface area contributed by atoms with Crippen molar-refractivity contribution >= 4 is 0 Å². The molecule has 2 fully saturated rings. The molecule has 4 atom stereocenters. The average molecular weight is 307 g/mol. The van der Waals surface area contributed by atoms with Crippen LogP contribution in [0.15, 0.2) is 23.8 Å². The van der Waals surface area contributed by atoms with Gasteiger partial charge in [-0.1, -0.05) is 52.3 Å². The van der Waals surface area contributed by atoms with E-state index in [0.717, 1.165) is 30.8 Å². The fraction of sp³-hybridized carbons (Fsp3) is 0.810. The lowest BCUT2D eigenvalue weighted by Gasteiger charge is -2.34. The first-order chi connectivity index (χ1) is 10.2. The van der Waals surface area contributed by atoms with Gasteiger partial charge in [0.05, 0.1) is 0 Å². The van der Waals surface area contributed by atoms with Gasteiger partial charge < -0.3 is 0 Å². The molecule has 2 aliphatic rings. The van der Waals surface area contributed by atoms with E-state index in [9.17, 15) is 0 Å². The summed E-state index contributed by atoms with van der Waals surface area (Å²) in [6, 6.07) is 0. The molecule has 0 aromatic heterocycles. The minimum atomic E-state index is -1.22. The van der Waals surface area contributed by atoms with Crippen molar-refractivity contribution in [2.45, 2.75) is 78.8 Å². The predicted octanol–water partition coefficient (Wildman–Crippen LogP) is 6.73. The summed E-state index contributed by atoms with van der Waals surface area (Å²) in [7, 11) is 0. The lowest BCUT2D eigenvalue weighted by atomic mass is 9.75. The maximum absolute atomic E-state index is 15.5. The molecule has 0 aromatic rings. The van der Waals surface area contributed by atoms with Crippen molar-refractivity contribution < 1.29 is 4.39 Å². The smallest absolute Gasteiger partial charge is 0.132 e. The molecule has 0 heterocycles. The van der Waals surface area contributed by atoms with Gasteiger partial charge in [-0.05, 0) is 68.3 Å². The summed E-state index contributed by atoms with van der Waals surface area (Å²) in [5.41, 5.74) is 1.03. The first-order valence-electron chi connectivity index (χ1n) is 9.30. The molecule has 0 N–H and O–H groups in total. The van der Waals surface area contributed by atoms with Gasteiger partial charge in [-0.15, -0.1) is 0 Å². The first kappa shape index (κ1) is 17.8. The van der Waals surface area contributed by atoms with Crippen LogP contribution in [0.2, 0.25) is 0 Å². The zero-order valence-electron chi connectivity index (χ0n) is 15.3. The summed E-state index contributed by atoms with van der Waals surface area (Å²) < 4.78 is 15.5. The van der Waals surface area contributed by atoms with Gasteiger partial charge in [0.25, 0.3) is 0 Å². The number of allylic oxidation sites excluding steroid dienone is 3. The van der Waals surface area contributed by atoms with Crippen LogP contribution in [0.3, 0.4) is 0 Å². The molecule has 0 amide bonds. The minimum absolute atomic E-state index is 0.165. The molecule has 0 saturated heterocycles. The summed E-state index contributed by atoms with van der Waals surface area (Å²) in [4.78, 5) is 0. The van der Waals surface area contributed by atoms with E-state index in [-0.39, 0.29) is 11.8 Å². The van der Waals surface area contributed by atoms with Crippen LogP contribution in [0, 0.1) is 29.6 Å². The van der Waals surface area contributed by atoms with E-state index in [2.05, 4.69) is 40.3 Å². The van der Waals surface area contributed by atoms with Crippen molar-refractivity contribution in [3.63, 3.8) is 0 Å². The van der Waals surface area contributed by atoms with Crippen molar-refractivity contribution in [2.24, 2.45) is 29.6 Å². The van der Waals surface area contributed by atoms with Crippen LogP contribution in [-0.2, 0) is 0 Å². The average Bonchev–Trinajstić information content (AvgIpc) is 3.14. The Morgan fingerprint density at radius 1 is 1.23 bits per heavy atom. The molecule has 1 heteroatoms. The quantitative estimate of drug-likeness (QED) is 0.458. The van der Waals surface area contributed by atoms with Gasteiger partial charge in [0.1, 0.15) is 5.67 Å². The Balaban J connectivity index is 2.10. The summed E-state index contributed by atoms with van der Waals surface area (Å²) >= 11 is 0. The Morgan fingerprint density at radius 2 is 1.86 bits per heavy atom. The summed E-state index contributed by atoms with van der Waals surface area (Å²) in [6.45, 7) is 14.9. The Bertz CT molecular complexity index is 425. The van der Waals surface area contributed by atoms with Gasteiger partial charge in [0.2, 0.25) is 0 Å². The minimum Gasteiger partial charge on any atom is -0.239 e. The second-order valence-electron chi connectivity index (χ2n) is 8.57. The van der Waals surface area contributed by atoms with E-state index in [0.29, 0.717) is 11.8 Å². The zero-order chi connectivity index (χ0) is 16.5. The van der Waals surface area contributed by atoms with Crippen LogP contribution in [0.5, 0.6) is 0 Å². The number of halogens is 1. The first-order valence-corrected chi connectivity index (χ1v) is 9.30. The van der Waals surface area contributed by atoms with Gasteiger partial charge in [-0.3, -0.25) is 0 Å². The van der Waals surface area contributed by atoms with Crippen molar-refractivity contribution in [1.29, 1.82) is 0 Å². The highest BCUT2D eigenvalue weighted by molar-refractivity contribution is 5.27. The molecular weight excluding hydrogens is 271 g/mol. The highest BCUT2D eigenvalue weighted by Crippen LogP contribution is 2.47. The van der Waals surface area contributed by atoms with Gasteiger partial charge in [-0.25, -0.2) is 4.39 Å². The van der Waals surface area contributed by atoms with Gasteiger partial charge in [-0.2, -0.15) is 0 Å². The van der Waals surface area contributed by atoms with Crippen molar-refractivity contribution in [3.8, 4) is 0 Å². The van der Waals surface area contributed by atoms with Gasteiger partial charge >= 0.3 is 0 Å². The van der Waals surface area contributed by atoms with Crippen LogP contribution >= 0.6 is 0 Å². The molecular formula is C21H35F. The summed E-state index contributed by atoms with van der Waals surface area (Å²) in [5.74, 6) is 2.38. The molecule has 2 saturated carbocycles. The Kier molecular flexibility index (Phi) is 5.56. The van der Waals surface area contributed by atoms with Crippen molar-refractivity contribution in [3.05, 3.63) is 23.8 Å². The molecule has 0 radical (unpaired) electrons. The van der Waals surface area contributed by atoms with E-state index < -0.39 is 5.67 Å². The fourth-order valence-electron chi connectivity index (χ4n) is 4.08. The molecule has 126 valence electrons. The predicted molar refractivity (Wildman–Crippen MR) is 94.6 cm³/mol. The molecule has 0 bridgehead atoms. The largest absolute Gasteiger partial charge is 0.239 e. The number of hydrogen-bond donors (Lipinski definition) is 0. The van der Waals surface area contributed by atoms with Crippen LogP contribution < -0.4 is 0 Å². The lowest BCUT2D eigenvalue weighted by Crippen LogP contribution is -2.33. The Hall–Kier alpha value is -0.590. The van der Waals surface area contributed by atoms with Crippen LogP contribution in [0.4, 0.5) is 4.39 Å². The monoisotopic (exact) mass is 306 g/mol. The second-order valence-corrected chi connectivity index (χ2v) is 8.57.